The van der Waals surface area contributed by atoms with Crippen LogP contribution in [0, 0.1) is 0 Å². The van der Waals surface area contributed by atoms with Gasteiger partial charge in [0.1, 0.15) is 30.2 Å². The number of hydrogen-bond donors (Lipinski definition) is 5. The Morgan fingerprint density at radius 1 is 1.27 bits per heavy atom. The second kappa shape index (κ2) is 8.61. The highest BCUT2D eigenvalue weighted by molar-refractivity contribution is 5.88. The van der Waals surface area contributed by atoms with Gasteiger partial charge in [0.15, 0.2) is 0 Å². The number of aliphatic hydroxyl groups is 4. The van der Waals surface area contributed by atoms with E-state index in [1.165, 1.54) is 6.07 Å². The normalized spacial score (nSPS) is 32.8. The van der Waals surface area contributed by atoms with Crippen LogP contribution in [0.25, 0.3) is 0 Å². The molecule has 5 atom stereocenters. The maximum absolute atomic E-state index is 11.3. The predicted octanol–water partition coefficient (Wildman–Crippen LogP) is 0.0722. The van der Waals surface area contributed by atoms with Crippen LogP contribution in [-0.4, -0.2) is 68.8 Å². The first-order valence-electron chi connectivity index (χ1n) is 10.7. The average molecular weight is 374 g/mol. The van der Waals surface area contributed by atoms with Crippen LogP contribution in [0.2, 0.25) is 0 Å². The first-order valence-corrected chi connectivity index (χ1v) is 7.71. The molecule has 1 aromatic rings. The summed E-state index contributed by atoms with van der Waals surface area (Å²) in [4.78, 5) is 11.3. The molecule has 1 fully saturated rings. The lowest BCUT2D eigenvalue weighted by atomic mass is 9.99. The lowest BCUT2D eigenvalue weighted by Crippen LogP contribution is -2.60. The lowest BCUT2D eigenvalue weighted by molar-refractivity contribution is -0.277. The van der Waals surface area contributed by atoms with E-state index in [2.05, 4.69) is 0 Å². The summed E-state index contributed by atoms with van der Waals surface area (Å²) in [6.45, 7) is -6.54. The second-order valence-corrected chi connectivity index (χ2v) is 5.76. The second-order valence-electron chi connectivity index (χ2n) is 5.76. The van der Waals surface area contributed by atoms with Crippen molar-refractivity contribution in [3.05, 3.63) is 41.0 Å². The number of benzene rings is 1. The summed E-state index contributed by atoms with van der Waals surface area (Å²) in [6, 6.07) is 3.48. The standard InChI is InChI=1S/C18H24O8/c1-9(2)3-4-10-7-11(17(23)24)5-6-12(10)25-18-16(22)15(21)14(20)13(8-19)26-18/h3,5-7,13-16,18-22H,4,8H2,1-2H3,(H,23,24)/t13-,14-,15+,16-,18-/m1/s1/i1D3,2D3. The highest BCUT2D eigenvalue weighted by atomic mass is 16.7. The van der Waals surface area contributed by atoms with E-state index >= 15 is 0 Å². The summed E-state index contributed by atoms with van der Waals surface area (Å²) in [7, 11) is 0. The van der Waals surface area contributed by atoms with Gasteiger partial charge in [0.2, 0.25) is 6.29 Å². The van der Waals surface area contributed by atoms with Crippen LogP contribution in [0.5, 0.6) is 5.75 Å². The Morgan fingerprint density at radius 2 is 2.00 bits per heavy atom. The van der Waals surface area contributed by atoms with Crippen molar-refractivity contribution in [2.24, 2.45) is 0 Å². The van der Waals surface area contributed by atoms with Gasteiger partial charge in [-0.1, -0.05) is 11.6 Å². The molecule has 2 rings (SSSR count). The van der Waals surface area contributed by atoms with Crippen molar-refractivity contribution in [3.8, 4) is 5.75 Å². The van der Waals surface area contributed by atoms with Crippen molar-refractivity contribution in [2.45, 2.75) is 50.8 Å². The summed E-state index contributed by atoms with van der Waals surface area (Å²) < 4.78 is 55.4. The van der Waals surface area contributed by atoms with Gasteiger partial charge in [0, 0.05) is 8.22 Å². The molecule has 0 aliphatic carbocycles. The summed E-state index contributed by atoms with van der Waals surface area (Å²) in [6.07, 6.45) is -7.32. The van der Waals surface area contributed by atoms with Crippen molar-refractivity contribution < 1.29 is 48.0 Å². The van der Waals surface area contributed by atoms with Crippen LogP contribution in [0.1, 0.15) is 37.8 Å². The van der Waals surface area contributed by atoms with Crippen LogP contribution >= 0.6 is 0 Å². The smallest absolute Gasteiger partial charge is 0.335 e. The van der Waals surface area contributed by atoms with Crippen molar-refractivity contribution in [1.29, 1.82) is 0 Å². The quantitative estimate of drug-likeness (QED) is 0.441. The largest absolute Gasteiger partial charge is 0.478 e. The van der Waals surface area contributed by atoms with E-state index < -0.39 is 62.6 Å². The highest BCUT2D eigenvalue weighted by Gasteiger charge is 2.44. The number of carboxylic acids is 1. The molecule has 0 aromatic heterocycles. The molecular weight excluding hydrogens is 344 g/mol. The Balaban J connectivity index is 2.42. The molecule has 1 aromatic carbocycles. The van der Waals surface area contributed by atoms with Gasteiger partial charge in [0.05, 0.1) is 12.2 Å². The monoisotopic (exact) mass is 374 g/mol. The molecule has 1 saturated heterocycles. The van der Waals surface area contributed by atoms with E-state index in [-0.39, 0.29) is 23.3 Å². The molecule has 144 valence electrons. The van der Waals surface area contributed by atoms with E-state index in [4.69, 9.17) is 17.7 Å². The van der Waals surface area contributed by atoms with Crippen LogP contribution in [0.4, 0.5) is 0 Å². The van der Waals surface area contributed by atoms with Crippen LogP contribution in [0.3, 0.4) is 0 Å². The highest BCUT2D eigenvalue weighted by Crippen LogP contribution is 2.28. The number of allylic oxidation sites excluding steroid dienone is 2. The van der Waals surface area contributed by atoms with E-state index in [0.717, 1.165) is 18.2 Å². The minimum atomic E-state index is -2.92. The maximum Gasteiger partial charge on any atom is 0.335 e. The summed E-state index contributed by atoms with van der Waals surface area (Å²) >= 11 is 0. The molecular formula is C18H24O8. The summed E-state index contributed by atoms with van der Waals surface area (Å²) in [5.74, 6) is -1.40. The van der Waals surface area contributed by atoms with Crippen LogP contribution in [0.15, 0.2) is 29.8 Å². The van der Waals surface area contributed by atoms with Gasteiger partial charge in [-0.15, -0.1) is 0 Å². The molecule has 0 bridgehead atoms. The molecule has 1 aliphatic heterocycles. The first-order chi connectivity index (χ1) is 14.7. The Kier molecular flexibility index (Phi) is 4.38. The first kappa shape index (κ1) is 13.2. The number of carbonyl (C=O) groups is 1. The molecule has 1 aliphatic rings. The van der Waals surface area contributed by atoms with E-state index in [9.17, 15) is 30.3 Å². The summed E-state index contributed by atoms with van der Waals surface area (Å²) in [5.41, 5.74) is -0.948. The maximum atomic E-state index is 11.3. The van der Waals surface area contributed by atoms with Gasteiger partial charge in [-0.3, -0.25) is 0 Å². The van der Waals surface area contributed by atoms with Gasteiger partial charge in [0.25, 0.3) is 0 Å². The molecule has 8 nitrogen and oxygen atoms in total. The molecule has 0 unspecified atom stereocenters. The Hall–Kier alpha value is -1.97. The number of aromatic carboxylic acids is 1. The molecule has 26 heavy (non-hydrogen) atoms. The minimum absolute atomic E-state index is 0.0628. The fraction of sp³-hybridized carbons (Fsp3) is 0.500. The van der Waals surface area contributed by atoms with E-state index in [0.29, 0.717) is 0 Å². The zero-order valence-electron chi connectivity index (χ0n) is 19.6. The number of hydrogen-bond acceptors (Lipinski definition) is 7. The molecule has 0 amide bonds. The molecule has 8 heteroatoms. The Labute approximate surface area is 159 Å². The zero-order chi connectivity index (χ0) is 24.4. The fourth-order valence-corrected chi connectivity index (χ4v) is 2.49. The fourth-order valence-electron chi connectivity index (χ4n) is 2.49. The SMILES string of the molecule is [2H]C([2H])([2H])C(=CCc1cc(C(=O)O)ccc1O[C@@H]1O[C@H](CO)[C@@H](O)[C@H](O)[C@H]1O)C([2H])([2H])[2H]. The third-order valence-electron chi connectivity index (χ3n) is 3.93. The minimum Gasteiger partial charge on any atom is -0.478 e. The predicted molar refractivity (Wildman–Crippen MR) is 90.9 cm³/mol. The summed E-state index contributed by atoms with van der Waals surface area (Å²) in [5, 5.41) is 48.4. The third kappa shape index (κ3) is 4.60. The van der Waals surface area contributed by atoms with Crippen LogP contribution < -0.4 is 4.74 Å². The Bertz CT molecular complexity index is 835. The molecule has 0 radical (unpaired) electrons. The van der Waals surface area contributed by atoms with Gasteiger partial charge >= 0.3 is 5.97 Å². The van der Waals surface area contributed by atoms with Crippen molar-refractivity contribution in [2.75, 3.05) is 6.61 Å². The van der Waals surface area contributed by atoms with Crippen LogP contribution in [-0.2, 0) is 11.2 Å². The average Bonchev–Trinajstić information content (AvgIpc) is 2.67. The number of rotatable bonds is 6. The van der Waals surface area contributed by atoms with Crippen molar-refractivity contribution in [1.82, 2.24) is 0 Å². The molecule has 0 saturated carbocycles. The molecule has 1 heterocycles. The lowest BCUT2D eigenvalue weighted by Gasteiger charge is -2.39. The zero-order valence-corrected chi connectivity index (χ0v) is 13.6. The van der Waals surface area contributed by atoms with Crippen molar-refractivity contribution >= 4 is 5.97 Å². The van der Waals surface area contributed by atoms with Gasteiger partial charge < -0.3 is 35.0 Å². The molecule has 5 N–H and O–H groups in total. The van der Waals surface area contributed by atoms with Gasteiger partial charge in [-0.2, -0.15) is 0 Å². The van der Waals surface area contributed by atoms with Gasteiger partial charge in [-0.05, 0) is 43.9 Å². The van der Waals surface area contributed by atoms with E-state index in [1.807, 2.05) is 0 Å². The number of aliphatic hydroxyl groups excluding tert-OH is 4. The topological polar surface area (TPSA) is 137 Å². The molecule has 0 spiro atoms. The van der Waals surface area contributed by atoms with Crippen molar-refractivity contribution in [3.63, 3.8) is 0 Å². The van der Waals surface area contributed by atoms with Gasteiger partial charge in [-0.25, -0.2) is 4.79 Å². The number of carboxylic acid groups (broad SMARTS) is 1. The number of ether oxygens (including phenoxy) is 2. The third-order valence-corrected chi connectivity index (χ3v) is 3.93. The van der Waals surface area contributed by atoms with E-state index in [1.54, 1.807) is 0 Å². The Morgan fingerprint density at radius 3 is 2.62 bits per heavy atom.